The van der Waals surface area contributed by atoms with Crippen LogP contribution in [0.4, 0.5) is 0 Å². The molecule has 17 heavy (non-hydrogen) atoms. The number of benzene rings is 1. The maximum absolute atomic E-state index is 5.82. The summed E-state index contributed by atoms with van der Waals surface area (Å²) in [5, 5.41) is 4.10. The molecule has 1 N–H and O–H groups in total. The largest absolute Gasteiger partial charge is 0.493 e. The van der Waals surface area contributed by atoms with Crippen LogP contribution in [0.25, 0.3) is 0 Å². The predicted molar refractivity (Wildman–Crippen MR) is 71.4 cm³/mol. The van der Waals surface area contributed by atoms with Gasteiger partial charge in [0.05, 0.1) is 6.61 Å². The minimum atomic E-state index is 0.368. The van der Waals surface area contributed by atoms with E-state index in [2.05, 4.69) is 12.2 Å². The molecule has 1 aromatic carbocycles. The van der Waals surface area contributed by atoms with Crippen LogP contribution in [0.3, 0.4) is 0 Å². The molecule has 1 aromatic rings. The second-order valence-corrected chi connectivity index (χ2v) is 5.05. The number of halogens is 1. The van der Waals surface area contributed by atoms with Gasteiger partial charge in [0.1, 0.15) is 5.75 Å². The fraction of sp³-hybridized carbons (Fsp3) is 0.500. The highest BCUT2D eigenvalue weighted by Gasteiger charge is 2.20. The van der Waals surface area contributed by atoms with Crippen molar-refractivity contribution in [1.29, 1.82) is 0 Å². The molecule has 1 aliphatic heterocycles. The molecule has 1 heterocycles. The van der Waals surface area contributed by atoms with Crippen molar-refractivity contribution >= 4 is 11.6 Å². The van der Waals surface area contributed by atoms with Gasteiger partial charge in [-0.05, 0) is 69.0 Å². The maximum atomic E-state index is 5.82. The van der Waals surface area contributed by atoms with E-state index in [1.165, 1.54) is 12.8 Å². The first kappa shape index (κ1) is 12.7. The zero-order chi connectivity index (χ0) is 12.1. The van der Waals surface area contributed by atoms with E-state index in [1.807, 2.05) is 24.3 Å². The molecule has 1 fully saturated rings. The third-order valence-electron chi connectivity index (χ3n) is 3.33. The highest BCUT2D eigenvalue weighted by Crippen LogP contribution is 2.23. The quantitative estimate of drug-likeness (QED) is 0.889. The normalized spacial score (nSPS) is 18.9. The van der Waals surface area contributed by atoms with Crippen molar-refractivity contribution < 1.29 is 4.74 Å². The first-order valence-electron chi connectivity index (χ1n) is 6.18. The third kappa shape index (κ3) is 3.90. The van der Waals surface area contributed by atoms with Gasteiger partial charge in [-0.3, -0.25) is 0 Å². The summed E-state index contributed by atoms with van der Waals surface area (Å²) < 4.78 is 5.73. The van der Waals surface area contributed by atoms with E-state index >= 15 is 0 Å². The summed E-state index contributed by atoms with van der Waals surface area (Å²) in [6, 6.07) is 7.49. The molecule has 0 amide bonds. The van der Waals surface area contributed by atoms with Gasteiger partial charge >= 0.3 is 0 Å². The smallest absolute Gasteiger partial charge is 0.119 e. The van der Waals surface area contributed by atoms with Gasteiger partial charge in [-0.15, -0.1) is 0 Å². The molecule has 1 unspecified atom stereocenters. The van der Waals surface area contributed by atoms with E-state index < -0.39 is 0 Å². The van der Waals surface area contributed by atoms with Crippen LogP contribution in [0.2, 0.25) is 5.02 Å². The average Bonchev–Trinajstić information content (AvgIpc) is 2.39. The van der Waals surface area contributed by atoms with E-state index in [0.717, 1.165) is 23.9 Å². The molecular formula is C14H19ClNO. The lowest BCUT2D eigenvalue weighted by atomic mass is 9.87. The van der Waals surface area contributed by atoms with E-state index in [9.17, 15) is 0 Å². The standard InChI is InChI=1S/C14H19ClNO/c1-11(12-6-8-16-9-7-12)10-17-14-4-2-13(15)3-5-14/h2-5,11-12,16H,1,6-10H2. The van der Waals surface area contributed by atoms with Crippen LogP contribution in [0.15, 0.2) is 24.3 Å². The lowest BCUT2D eigenvalue weighted by molar-refractivity contribution is 0.198. The van der Waals surface area contributed by atoms with Crippen molar-refractivity contribution in [2.24, 2.45) is 11.8 Å². The molecule has 2 rings (SSSR count). The van der Waals surface area contributed by atoms with Crippen LogP contribution in [0.5, 0.6) is 5.75 Å². The molecule has 0 saturated carbocycles. The maximum Gasteiger partial charge on any atom is 0.119 e. The molecule has 2 nitrogen and oxygen atoms in total. The van der Waals surface area contributed by atoms with Crippen molar-refractivity contribution in [1.82, 2.24) is 5.32 Å². The predicted octanol–water partition coefficient (Wildman–Crippen LogP) is 3.17. The SMILES string of the molecule is [CH2]C(COc1ccc(Cl)cc1)C1CCNCC1. The number of rotatable bonds is 4. The van der Waals surface area contributed by atoms with Gasteiger partial charge in [-0.25, -0.2) is 0 Å². The summed E-state index contributed by atoms with van der Waals surface area (Å²) in [5.41, 5.74) is 0. The second kappa shape index (κ2) is 6.27. The minimum absolute atomic E-state index is 0.368. The Bertz CT molecular complexity index is 333. The zero-order valence-electron chi connectivity index (χ0n) is 9.99. The summed E-state index contributed by atoms with van der Waals surface area (Å²) in [5.74, 6) is 1.92. The van der Waals surface area contributed by atoms with E-state index in [4.69, 9.17) is 16.3 Å². The average molecular weight is 253 g/mol. The Balaban J connectivity index is 1.78. The molecule has 3 heteroatoms. The van der Waals surface area contributed by atoms with Crippen molar-refractivity contribution in [3.05, 3.63) is 36.2 Å². The van der Waals surface area contributed by atoms with Gasteiger partial charge in [-0.1, -0.05) is 11.6 Å². The number of hydrogen-bond acceptors (Lipinski definition) is 2. The Kier molecular flexibility index (Phi) is 4.69. The molecule has 1 radical (unpaired) electrons. The molecule has 0 aromatic heterocycles. The molecule has 1 saturated heterocycles. The number of ether oxygens (including phenoxy) is 1. The van der Waals surface area contributed by atoms with Gasteiger partial charge in [-0.2, -0.15) is 0 Å². The molecule has 0 aliphatic carbocycles. The van der Waals surface area contributed by atoms with Crippen molar-refractivity contribution in [2.75, 3.05) is 19.7 Å². The molecule has 0 spiro atoms. The molecule has 0 bridgehead atoms. The zero-order valence-corrected chi connectivity index (χ0v) is 10.7. The van der Waals surface area contributed by atoms with Crippen LogP contribution in [0, 0.1) is 18.8 Å². The van der Waals surface area contributed by atoms with Crippen LogP contribution < -0.4 is 10.1 Å². The Labute approximate surface area is 108 Å². The molecule has 93 valence electrons. The lowest BCUT2D eigenvalue weighted by Gasteiger charge is -2.28. The molecular weight excluding hydrogens is 234 g/mol. The van der Waals surface area contributed by atoms with Crippen LogP contribution in [-0.4, -0.2) is 19.7 Å². The van der Waals surface area contributed by atoms with Gasteiger partial charge in [0.15, 0.2) is 0 Å². The van der Waals surface area contributed by atoms with Crippen molar-refractivity contribution in [3.8, 4) is 5.75 Å². The highest BCUT2D eigenvalue weighted by atomic mass is 35.5. The number of nitrogens with one attached hydrogen (secondary N) is 1. The van der Waals surface area contributed by atoms with Crippen LogP contribution >= 0.6 is 11.6 Å². The summed E-state index contributed by atoms with van der Waals surface area (Å²) in [6.45, 7) is 7.12. The Hall–Kier alpha value is -0.730. The fourth-order valence-electron chi connectivity index (χ4n) is 2.19. The number of piperidine rings is 1. The van der Waals surface area contributed by atoms with Gasteiger partial charge < -0.3 is 10.1 Å². The Morgan fingerprint density at radius 1 is 1.29 bits per heavy atom. The summed E-state index contributed by atoms with van der Waals surface area (Å²) in [6.07, 6.45) is 2.41. The van der Waals surface area contributed by atoms with Crippen molar-refractivity contribution in [2.45, 2.75) is 12.8 Å². The first-order valence-corrected chi connectivity index (χ1v) is 6.55. The summed E-state index contributed by atoms with van der Waals surface area (Å²) >= 11 is 5.82. The van der Waals surface area contributed by atoms with Gasteiger partial charge in [0.2, 0.25) is 0 Å². The van der Waals surface area contributed by atoms with Crippen molar-refractivity contribution in [3.63, 3.8) is 0 Å². The van der Waals surface area contributed by atoms with Crippen LogP contribution in [0.1, 0.15) is 12.8 Å². The first-order chi connectivity index (χ1) is 8.25. The number of hydrogen-bond donors (Lipinski definition) is 1. The third-order valence-corrected chi connectivity index (χ3v) is 3.58. The van der Waals surface area contributed by atoms with E-state index in [0.29, 0.717) is 18.4 Å². The second-order valence-electron chi connectivity index (χ2n) is 4.61. The highest BCUT2D eigenvalue weighted by molar-refractivity contribution is 6.30. The fourth-order valence-corrected chi connectivity index (χ4v) is 2.31. The van der Waals surface area contributed by atoms with E-state index in [1.54, 1.807) is 0 Å². The Morgan fingerprint density at radius 3 is 2.59 bits per heavy atom. The summed E-state index contributed by atoms with van der Waals surface area (Å²) in [4.78, 5) is 0. The molecule has 1 atom stereocenters. The van der Waals surface area contributed by atoms with E-state index in [-0.39, 0.29) is 0 Å². The molecule has 1 aliphatic rings. The monoisotopic (exact) mass is 252 g/mol. The van der Waals surface area contributed by atoms with Crippen LogP contribution in [-0.2, 0) is 0 Å². The topological polar surface area (TPSA) is 21.3 Å². The lowest BCUT2D eigenvalue weighted by Crippen LogP contribution is -2.32. The minimum Gasteiger partial charge on any atom is -0.493 e. The van der Waals surface area contributed by atoms with Gasteiger partial charge in [0.25, 0.3) is 0 Å². The summed E-state index contributed by atoms with van der Waals surface area (Å²) in [7, 11) is 0. The van der Waals surface area contributed by atoms with Gasteiger partial charge in [0, 0.05) is 5.02 Å². The Morgan fingerprint density at radius 2 is 1.94 bits per heavy atom.